The van der Waals surface area contributed by atoms with Gasteiger partial charge in [0.25, 0.3) is 0 Å². The highest BCUT2D eigenvalue weighted by Gasteiger charge is 2.30. The van der Waals surface area contributed by atoms with Crippen LogP contribution in [0.25, 0.3) is 0 Å². The number of aliphatic hydroxyl groups is 1. The van der Waals surface area contributed by atoms with Gasteiger partial charge in [0.15, 0.2) is 0 Å². The van der Waals surface area contributed by atoms with Crippen LogP contribution in [0.3, 0.4) is 0 Å². The van der Waals surface area contributed by atoms with E-state index in [0.29, 0.717) is 12.5 Å². The van der Waals surface area contributed by atoms with Gasteiger partial charge in [-0.05, 0) is 42.5 Å². The number of rotatable bonds is 3. The minimum atomic E-state index is -0.289. The van der Waals surface area contributed by atoms with Gasteiger partial charge in [-0.1, -0.05) is 30.0 Å². The first-order valence-corrected chi connectivity index (χ1v) is 6.70. The zero-order valence-corrected chi connectivity index (χ0v) is 10.8. The van der Waals surface area contributed by atoms with Gasteiger partial charge in [0, 0.05) is 18.0 Å². The van der Waals surface area contributed by atoms with Crippen LogP contribution in [0, 0.1) is 17.8 Å². The van der Waals surface area contributed by atoms with Gasteiger partial charge in [-0.2, -0.15) is 0 Å². The quantitative estimate of drug-likeness (QED) is 0.834. The summed E-state index contributed by atoms with van der Waals surface area (Å²) < 4.78 is 2.02. The molecule has 2 aromatic rings. The van der Waals surface area contributed by atoms with Crippen molar-refractivity contribution in [1.29, 1.82) is 0 Å². The first kappa shape index (κ1) is 12.1. The lowest BCUT2D eigenvalue weighted by Crippen LogP contribution is -1.98. The number of aliphatic hydroxyl groups excluding tert-OH is 1. The van der Waals surface area contributed by atoms with E-state index < -0.39 is 0 Å². The van der Waals surface area contributed by atoms with Crippen LogP contribution < -0.4 is 0 Å². The molecule has 2 heteroatoms. The molecule has 1 atom stereocenters. The Bertz CT molecular complexity index is 599. The lowest BCUT2D eigenvalue weighted by Gasteiger charge is -2.05. The van der Waals surface area contributed by atoms with Gasteiger partial charge in [0.1, 0.15) is 0 Å². The highest BCUT2D eigenvalue weighted by atomic mass is 16.3. The minimum Gasteiger partial charge on any atom is -0.388 e. The summed E-state index contributed by atoms with van der Waals surface area (Å²) in [6, 6.07) is 12.0. The Hall–Kier alpha value is -1.98. The highest BCUT2D eigenvalue weighted by Crippen LogP contribution is 2.40. The van der Waals surface area contributed by atoms with Crippen LogP contribution in [-0.4, -0.2) is 9.67 Å². The molecular weight excluding hydrogens is 234 g/mol. The maximum Gasteiger partial charge on any atom is 0.0835 e. The van der Waals surface area contributed by atoms with E-state index in [-0.39, 0.29) is 6.10 Å². The first-order chi connectivity index (χ1) is 9.33. The molecule has 1 N–H and O–H groups in total. The minimum absolute atomic E-state index is 0.289. The summed E-state index contributed by atoms with van der Waals surface area (Å²) >= 11 is 0. The van der Waals surface area contributed by atoms with Crippen LogP contribution in [0.5, 0.6) is 0 Å². The third-order valence-electron chi connectivity index (χ3n) is 3.45. The smallest absolute Gasteiger partial charge is 0.0835 e. The molecule has 2 nitrogen and oxygen atoms in total. The second-order valence-corrected chi connectivity index (χ2v) is 5.07. The Balaban J connectivity index is 1.63. The molecule has 1 aromatic heterocycles. The predicted octanol–water partition coefficient (Wildman–Crippen LogP) is 2.98. The van der Waals surface area contributed by atoms with E-state index in [1.165, 1.54) is 0 Å². The van der Waals surface area contributed by atoms with Crippen molar-refractivity contribution in [2.24, 2.45) is 5.92 Å². The average Bonchev–Trinajstić information content (AvgIpc) is 3.19. The van der Waals surface area contributed by atoms with Crippen LogP contribution in [0.2, 0.25) is 0 Å². The fraction of sp³-hybridized carbons (Fsp3) is 0.294. The molecule has 1 fully saturated rings. The number of hydrogen-bond acceptors (Lipinski definition) is 1. The molecule has 0 spiro atoms. The summed E-state index contributed by atoms with van der Waals surface area (Å²) in [5, 5.41) is 10.0. The second-order valence-electron chi connectivity index (χ2n) is 5.07. The van der Waals surface area contributed by atoms with E-state index in [9.17, 15) is 5.11 Å². The molecule has 1 aromatic carbocycles. The van der Waals surface area contributed by atoms with E-state index in [4.69, 9.17) is 0 Å². The Labute approximate surface area is 113 Å². The van der Waals surface area contributed by atoms with Gasteiger partial charge in [0.2, 0.25) is 0 Å². The normalized spacial score (nSPS) is 15.6. The van der Waals surface area contributed by atoms with Crippen molar-refractivity contribution < 1.29 is 5.11 Å². The molecule has 0 bridgehead atoms. The molecular formula is C17H17NO. The largest absolute Gasteiger partial charge is 0.388 e. The van der Waals surface area contributed by atoms with Crippen molar-refractivity contribution in [2.75, 3.05) is 0 Å². The Morgan fingerprint density at radius 3 is 2.74 bits per heavy atom. The monoisotopic (exact) mass is 251 g/mol. The van der Waals surface area contributed by atoms with Crippen molar-refractivity contribution in [3.05, 3.63) is 59.9 Å². The Morgan fingerprint density at radius 2 is 2.00 bits per heavy atom. The number of nitrogens with zero attached hydrogens (tertiary/aromatic N) is 1. The zero-order chi connectivity index (χ0) is 13.1. The lowest BCUT2D eigenvalue weighted by molar-refractivity contribution is 0.154. The highest BCUT2D eigenvalue weighted by molar-refractivity contribution is 5.33. The fourth-order valence-electron chi connectivity index (χ4n) is 2.17. The topological polar surface area (TPSA) is 25.2 Å². The summed E-state index contributed by atoms with van der Waals surface area (Å²) in [4.78, 5) is 0. The average molecular weight is 251 g/mol. The van der Waals surface area contributed by atoms with Crippen molar-refractivity contribution >= 4 is 0 Å². The van der Waals surface area contributed by atoms with Crippen LogP contribution in [-0.2, 0) is 6.54 Å². The molecule has 1 unspecified atom stereocenters. The van der Waals surface area contributed by atoms with E-state index >= 15 is 0 Å². The number of benzene rings is 1. The third kappa shape index (κ3) is 3.07. The standard InChI is InChI=1S/C17H17NO/c19-17(15-8-9-15)16-10-12-18(13-16)11-4-7-14-5-2-1-3-6-14/h1-3,5-6,10,12-13,15,17,19H,8-9,11H2. The summed E-state index contributed by atoms with van der Waals surface area (Å²) in [6.45, 7) is 0.659. The van der Waals surface area contributed by atoms with E-state index in [1.807, 2.05) is 53.4 Å². The molecule has 0 saturated heterocycles. The zero-order valence-electron chi connectivity index (χ0n) is 10.8. The summed E-state index contributed by atoms with van der Waals surface area (Å²) in [5.74, 6) is 6.76. The van der Waals surface area contributed by atoms with Gasteiger partial charge in [-0.15, -0.1) is 0 Å². The van der Waals surface area contributed by atoms with Crippen molar-refractivity contribution in [3.63, 3.8) is 0 Å². The third-order valence-corrected chi connectivity index (χ3v) is 3.45. The molecule has 96 valence electrons. The van der Waals surface area contributed by atoms with Crippen molar-refractivity contribution in [3.8, 4) is 11.8 Å². The fourth-order valence-corrected chi connectivity index (χ4v) is 2.17. The van der Waals surface area contributed by atoms with E-state index in [2.05, 4.69) is 11.8 Å². The van der Waals surface area contributed by atoms with Gasteiger partial charge < -0.3 is 9.67 Å². The van der Waals surface area contributed by atoms with E-state index in [1.54, 1.807) is 0 Å². The molecule has 3 rings (SSSR count). The SMILES string of the molecule is OC(c1ccn(CC#Cc2ccccc2)c1)C1CC1. The van der Waals surface area contributed by atoms with Crippen molar-refractivity contribution in [2.45, 2.75) is 25.5 Å². The van der Waals surface area contributed by atoms with Crippen LogP contribution >= 0.6 is 0 Å². The summed E-state index contributed by atoms with van der Waals surface area (Å²) in [5.41, 5.74) is 2.05. The van der Waals surface area contributed by atoms with Crippen LogP contribution in [0.4, 0.5) is 0 Å². The second kappa shape index (κ2) is 5.34. The van der Waals surface area contributed by atoms with Gasteiger partial charge >= 0.3 is 0 Å². The summed E-state index contributed by atoms with van der Waals surface area (Å²) in [6.07, 6.45) is 6.01. The molecule has 0 radical (unpaired) electrons. The van der Waals surface area contributed by atoms with Crippen LogP contribution in [0.1, 0.15) is 30.1 Å². The van der Waals surface area contributed by atoms with Crippen molar-refractivity contribution in [1.82, 2.24) is 4.57 Å². The molecule has 1 aliphatic rings. The Kier molecular flexibility index (Phi) is 3.39. The van der Waals surface area contributed by atoms with E-state index in [0.717, 1.165) is 24.0 Å². The molecule has 0 amide bonds. The number of hydrogen-bond donors (Lipinski definition) is 1. The maximum absolute atomic E-state index is 10.0. The van der Waals surface area contributed by atoms with Gasteiger partial charge in [-0.25, -0.2) is 0 Å². The lowest BCUT2D eigenvalue weighted by atomic mass is 10.1. The number of aromatic nitrogens is 1. The van der Waals surface area contributed by atoms with Crippen LogP contribution in [0.15, 0.2) is 48.8 Å². The summed E-state index contributed by atoms with van der Waals surface area (Å²) in [7, 11) is 0. The first-order valence-electron chi connectivity index (χ1n) is 6.70. The van der Waals surface area contributed by atoms with Gasteiger partial charge in [0.05, 0.1) is 12.6 Å². The predicted molar refractivity (Wildman–Crippen MR) is 75.4 cm³/mol. The molecule has 1 aliphatic carbocycles. The molecule has 0 aliphatic heterocycles. The van der Waals surface area contributed by atoms with Gasteiger partial charge in [-0.3, -0.25) is 0 Å². The molecule has 19 heavy (non-hydrogen) atoms. The maximum atomic E-state index is 10.0. The molecule has 1 saturated carbocycles. The Morgan fingerprint density at radius 1 is 1.21 bits per heavy atom. The molecule has 1 heterocycles.